The van der Waals surface area contributed by atoms with E-state index >= 15 is 0 Å². The van der Waals surface area contributed by atoms with Gasteiger partial charge >= 0.3 is 0 Å². The van der Waals surface area contributed by atoms with E-state index in [1.165, 1.54) is 0 Å². The van der Waals surface area contributed by atoms with E-state index in [2.05, 4.69) is 50.1 Å². The van der Waals surface area contributed by atoms with E-state index in [0.717, 1.165) is 16.8 Å². The minimum Gasteiger partial charge on any atom is -0.474 e. The Morgan fingerprint density at radius 3 is 2.45 bits per heavy atom. The zero-order chi connectivity index (χ0) is 15.9. The number of anilines is 1. The molecule has 0 spiro atoms. The number of halogens is 2. The Balaban J connectivity index is 2.07. The van der Waals surface area contributed by atoms with Gasteiger partial charge in [-0.15, -0.1) is 0 Å². The molecule has 0 radical (unpaired) electrons. The Morgan fingerprint density at radius 2 is 1.86 bits per heavy atom. The molecule has 116 valence electrons. The third-order valence-corrected chi connectivity index (χ3v) is 3.59. The average molecular weight is 365 g/mol. The Kier molecular flexibility index (Phi) is 5.95. The predicted molar refractivity (Wildman–Crippen MR) is 93.1 cm³/mol. The molecule has 1 aromatic carbocycles. The van der Waals surface area contributed by atoms with E-state index in [9.17, 15) is 4.39 Å². The van der Waals surface area contributed by atoms with Crippen molar-refractivity contribution in [3.63, 3.8) is 0 Å². The summed E-state index contributed by atoms with van der Waals surface area (Å²) in [6.45, 7) is -0.516. The molecule has 0 fully saturated rings. The fourth-order valence-corrected chi connectivity index (χ4v) is 2.33. The van der Waals surface area contributed by atoms with Gasteiger partial charge < -0.3 is 9.64 Å². The second-order valence-electron chi connectivity index (χ2n) is 4.91. The fourth-order valence-electron chi connectivity index (χ4n) is 1.85. The number of pyridine rings is 1. The number of aromatic nitrogens is 1. The third kappa shape index (κ3) is 4.56. The minimum atomic E-state index is -0.529. The van der Waals surface area contributed by atoms with Crippen molar-refractivity contribution in [2.45, 2.75) is 0 Å². The molecule has 0 N–H and O–H groups in total. The second kappa shape index (κ2) is 7.94. The topological polar surface area (TPSA) is 25.4 Å². The number of ether oxygens (including phenoxy) is 1. The van der Waals surface area contributed by atoms with E-state index in [-0.39, 0.29) is 6.61 Å². The van der Waals surface area contributed by atoms with Crippen molar-refractivity contribution in [2.24, 2.45) is 0 Å². The van der Waals surface area contributed by atoms with Crippen LogP contribution in [-0.2, 0) is 0 Å². The summed E-state index contributed by atoms with van der Waals surface area (Å²) < 4.78 is 18.0. The van der Waals surface area contributed by atoms with Crippen LogP contribution in [0.4, 0.5) is 10.1 Å². The van der Waals surface area contributed by atoms with Crippen LogP contribution in [-0.4, -0.2) is 32.4 Å². The van der Waals surface area contributed by atoms with Crippen molar-refractivity contribution in [2.75, 3.05) is 32.3 Å². The van der Waals surface area contributed by atoms with Gasteiger partial charge in [-0.05, 0) is 45.3 Å². The van der Waals surface area contributed by atoms with Gasteiger partial charge in [-0.3, -0.25) is 0 Å². The van der Waals surface area contributed by atoms with Crippen LogP contribution in [0.25, 0.3) is 12.2 Å². The molecule has 1 heterocycles. The molecular weight excluding hydrogens is 347 g/mol. The molecule has 0 saturated carbocycles. The average Bonchev–Trinajstić information content (AvgIpc) is 2.52. The summed E-state index contributed by atoms with van der Waals surface area (Å²) in [6, 6.07) is 10.2. The van der Waals surface area contributed by atoms with Crippen LogP contribution in [0, 0.1) is 0 Å². The van der Waals surface area contributed by atoms with Crippen molar-refractivity contribution in [1.29, 1.82) is 0 Å². The molecule has 1 aromatic heterocycles. The van der Waals surface area contributed by atoms with Gasteiger partial charge in [0.15, 0.2) is 0 Å². The zero-order valence-electron chi connectivity index (χ0n) is 12.6. The van der Waals surface area contributed by atoms with E-state index in [4.69, 9.17) is 4.74 Å². The first-order valence-electron chi connectivity index (χ1n) is 6.90. The fraction of sp³-hybridized carbons (Fsp3) is 0.235. The molecule has 0 saturated heterocycles. The van der Waals surface area contributed by atoms with E-state index in [1.54, 1.807) is 6.20 Å². The molecule has 0 aliphatic heterocycles. The van der Waals surface area contributed by atoms with Crippen LogP contribution in [0.1, 0.15) is 11.1 Å². The minimum absolute atomic E-state index is 0.0129. The van der Waals surface area contributed by atoms with Crippen molar-refractivity contribution in [3.05, 3.63) is 52.1 Å². The highest BCUT2D eigenvalue weighted by atomic mass is 79.9. The largest absolute Gasteiger partial charge is 0.474 e. The molecule has 0 aliphatic carbocycles. The summed E-state index contributed by atoms with van der Waals surface area (Å²) in [4.78, 5) is 6.23. The first-order valence-corrected chi connectivity index (χ1v) is 7.69. The maximum atomic E-state index is 12.1. The number of hydrogen-bond acceptors (Lipinski definition) is 3. The Morgan fingerprint density at radius 1 is 1.18 bits per heavy atom. The van der Waals surface area contributed by atoms with Crippen LogP contribution >= 0.6 is 15.9 Å². The molecule has 2 rings (SSSR count). The molecule has 2 aromatic rings. The van der Waals surface area contributed by atoms with Gasteiger partial charge in [0.1, 0.15) is 13.3 Å². The van der Waals surface area contributed by atoms with E-state index in [0.29, 0.717) is 10.4 Å². The van der Waals surface area contributed by atoms with E-state index in [1.807, 2.05) is 32.3 Å². The zero-order valence-corrected chi connectivity index (χ0v) is 14.2. The molecule has 22 heavy (non-hydrogen) atoms. The quantitative estimate of drug-likeness (QED) is 0.757. The van der Waals surface area contributed by atoms with Gasteiger partial charge in [-0.1, -0.05) is 24.3 Å². The highest BCUT2D eigenvalue weighted by molar-refractivity contribution is 9.10. The van der Waals surface area contributed by atoms with Crippen molar-refractivity contribution in [3.8, 4) is 5.88 Å². The summed E-state index contributed by atoms with van der Waals surface area (Å²) in [6.07, 6.45) is 5.69. The maximum Gasteiger partial charge on any atom is 0.228 e. The van der Waals surface area contributed by atoms with Crippen LogP contribution < -0.4 is 9.64 Å². The summed E-state index contributed by atoms with van der Waals surface area (Å²) in [5.74, 6) is 0.408. The number of rotatable bonds is 6. The molecule has 0 bridgehead atoms. The molecule has 0 unspecified atom stereocenters. The van der Waals surface area contributed by atoms with Crippen LogP contribution in [0.5, 0.6) is 5.88 Å². The number of benzene rings is 1. The summed E-state index contributed by atoms with van der Waals surface area (Å²) >= 11 is 3.38. The first kappa shape index (κ1) is 16.5. The first-order chi connectivity index (χ1) is 10.6. The SMILES string of the molecule is CN(C)c1ccc(/C=C/c2cnc(OCCF)c(Br)c2)cc1. The number of hydrogen-bond donors (Lipinski definition) is 0. The standard InChI is InChI=1S/C17H18BrFN2O/c1-21(2)15-7-5-13(6-8-15)3-4-14-11-16(18)17(20-12-14)22-10-9-19/h3-8,11-12H,9-10H2,1-2H3/b4-3+. The lowest BCUT2D eigenvalue weighted by Gasteiger charge is -2.11. The second-order valence-corrected chi connectivity index (χ2v) is 5.77. The Bertz CT molecular complexity index is 642. The maximum absolute atomic E-state index is 12.1. The molecule has 5 heteroatoms. The van der Waals surface area contributed by atoms with Crippen LogP contribution in [0.15, 0.2) is 41.0 Å². The Hall–Kier alpha value is -1.88. The smallest absolute Gasteiger partial charge is 0.228 e. The number of alkyl halides is 1. The number of nitrogens with zero attached hydrogens (tertiary/aromatic N) is 2. The Labute approximate surface area is 138 Å². The van der Waals surface area contributed by atoms with Gasteiger partial charge in [0.05, 0.1) is 4.47 Å². The van der Waals surface area contributed by atoms with Crippen molar-refractivity contribution >= 4 is 33.8 Å². The predicted octanol–water partition coefficient (Wildman–Crippen LogP) is 4.43. The van der Waals surface area contributed by atoms with Gasteiger partial charge in [-0.25, -0.2) is 9.37 Å². The monoisotopic (exact) mass is 364 g/mol. The van der Waals surface area contributed by atoms with Gasteiger partial charge in [-0.2, -0.15) is 0 Å². The van der Waals surface area contributed by atoms with Crippen molar-refractivity contribution < 1.29 is 9.13 Å². The van der Waals surface area contributed by atoms with E-state index < -0.39 is 6.67 Å². The third-order valence-electron chi connectivity index (χ3n) is 3.02. The van der Waals surface area contributed by atoms with Crippen LogP contribution in [0.2, 0.25) is 0 Å². The highest BCUT2D eigenvalue weighted by Gasteiger charge is 2.03. The normalized spacial score (nSPS) is 10.9. The lowest BCUT2D eigenvalue weighted by Crippen LogP contribution is -2.07. The van der Waals surface area contributed by atoms with Gasteiger partial charge in [0.2, 0.25) is 5.88 Å². The summed E-state index contributed by atoms with van der Waals surface area (Å²) in [7, 11) is 4.03. The summed E-state index contributed by atoms with van der Waals surface area (Å²) in [5, 5.41) is 0. The molecule has 3 nitrogen and oxygen atoms in total. The molecule has 0 atom stereocenters. The summed E-state index contributed by atoms with van der Waals surface area (Å²) in [5.41, 5.74) is 3.21. The lowest BCUT2D eigenvalue weighted by molar-refractivity contribution is 0.263. The van der Waals surface area contributed by atoms with Gasteiger partial charge in [0.25, 0.3) is 0 Å². The van der Waals surface area contributed by atoms with Crippen LogP contribution in [0.3, 0.4) is 0 Å². The molecule has 0 aliphatic rings. The van der Waals surface area contributed by atoms with Crippen molar-refractivity contribution in [1.82, 2.24) is 4.98 Å². The highest BCUT2D eigenvalue weighted by Crippen LogP contribution is 2.24. The molecule has 0 amide bonds. The van der Waals surface area contributed by atoms with Gasteiger partial charge in [0, 0.05) is 26.0 Å². The lowest BCUT2D eigenvalue weighted by atomic mass is 10.1. The molecular formula is C17H18BrFN2O.